The fraction of sp³-hybridized carbons (Fsp3) is 0.500. The number of halogens is 3. The number of alkyl halides is 3. The van der Waals surface area contributed by atoms with Gasteiger partial charge in [0.05, 0.1) is 18.2 Å². The van der Waals surface area contributed by atoms with Crippen LogP contribution in [0.25, 0.3) is 0 Å². The van der Waals surface area contributed by atoms with Gasteiger partial charge in [0.15, 0.2) is 0 Å². The van der Waals surface area contributed by atoms with Gasteiger partial charge in [-0.2, -0.15) is 13.2 Å². The highest BCUT2D eigenvalue weighted by Crippen LogP contribution is 2.36. The largest absolute Gasteiger partial charge is 0.465 e. The molecule has 0 aliphatic carbocycles. The van der Waals surface area contributed by atoms with Gasteiger partial charge in [0.25, 0.3) is 0 Å². The number of aliphatic hydroxyl groups is 1. The van der Waals surface area contributed by atoms with Crippen LogP contribution in [0.2, 0.25) is 0 Å². The minimum atomic E-state index is -4.73. The number of carboxylic acid groups (broad SMARTS) is 1. The molecule has 1 rings (SSSR count). The van der Waals surface area contributed by atoms with Gasteiger partial charge in [-0.15, -0.1) is 0 Å². The lowest BCUT2D eigenvalue weighted by molar-refractivity contribution is -0.141. The molecule has 0 spiro atoms. The summed E-state index contributed by atoms with van der Waals surface area (Å²) in [5.41, 5.74) is -2.11. The van der Waals surface area contributed by atoms with E-state index in [0.717, 1.165) is 18.2 Å². The van der Waals surface area contributed by atoms with Crippen molar-refractivity contribution in [3.63, 3.8) is 0 Å². The van der Waals surface area contributed by atoms with Crippen molar-refractivity contribution in [3.05, 3.63) is 35.4 Å². The third-order valence-electron chi connectivity index (χ3n) is 3.27. The standard InChI is InChI=1S/C16H20F3NO4/c1-15(2,3)8-13(22)20(14(23)24)12(9-21)10-6-4-5-7-11(10)16(17,18)19/h4-7,12,21H,8-9H2,1-3H3,(H,23,24). The van der Waals surface area contributed by atoms with Gasteiger partial charge in [0.1, 0.15) is 0 Å². The first-order chi connectivity index (χ1) is 10.9. The molecular weight excluding hydrogens is 327 g/mol. The molecule has 0 bridgehead atoms. The summed E-state index contributed by atoms with van der Waals surface area (Å²) in [6.07, 6.45) is -6.63. The van der Waals surface area contributed by atoms with E-state index in [1.165, 1.54) is 6.07 Å². The monoisotopic (exact) mass is 347 g/mol. The summed E-state index contributed by atoms with van der Waals surface area (Å²) in [5, 5.41) is 18.8. The van der Waals surface area contributed by atoms with Gasteiger partial charge in [-0.1, -0.05) is 39.0 Å². The summed E-state index contributed by atoms with van der Waals surface area (Å²) in [7, 11) is 0. The Bertz CT molecular complexity index is 608. The molecule has 2 N–H and O–H groups in total. The minimum absolute atomic E-state index is 0.190. The fourth-order valence-electron chi connectivity index (χ4n) is 2.32. The molecule has 0 saturated heterocycles. The van der Waals surface area contributed by atoms with Crippen LogP contribution in [0.5, 0.6) is 0 Å². The number of benzene rings is 1. The van der Waals surface area contributed by atoms with Crippen LogP contribution < -0.4 is 0 Å². The van der Waals surface area contributed by atoms with Gasteiger partial charge in [-0.25, -0.2) is 9.69 Å². The van der Waals surface area contributed by atoms with Gasteiger partial charge in [0.2, 0.25) is 5.91 Å². The van der Waals surface area contributed by atoms with E-state index >= 15 is 0 Å². The normalized spacial score (nSPS) is 13.5. The Labute approximate surface area is 137 Å². The summed E-state index contributed by atoms with van der Waals surface area (Å²) in [6, 6.07) is 2.66. The number of nitrogens with zero attached hydrogens (tertiary/aromatic N) is 1. The van der Waals surface area contributed by atoms with Gasteiger partial charge < -0.3 is 10.2 Å². The summed E-state index contributed by atoms with van der Waals surface area (Å²) in [4.78, 5) is 24.0. The Morgan fingerprint density at radius 1 is 1.17 bits per heavy atom. The van der Waals surface area contributed by atoms with E-state index in [0.29, 0.717) is 0 Å². The molecule has 2 amide bonds. The molecule has 0 aliphatic rings. The van der Waals surface area contributed by atoms with E-state index in [1.807, 2.05) is 0 Å². The van der Waals surface area contributed by atoms with E-state index < -0.39 is 47.4 Å². The lowest BCUT2D eigenvalue weighted by Gasteiger charge is -2.30. The van der Waals surface area contributed by atoms with Crippen molar-refractivity contribution in [1.29, 1.82) is 0 Å². The third kappa shape index (κ3) is 4.95. The molecule has 1 aromatic carbocycles. The predicted molar refractivity (Wildman–Crippen MR) is 80.2 cm³/mol. The second-order valence-electron chi connectivity index (χ2n) is 6.57. The van der Waals surface area contributed by atoms with E-state index in [-0.39, 0.29) is 11.3 Å². The van der Waals surface area contributed by atoms with Crippen molar-refractivity contribution in [2.75, 3.05) is 6.61 Å². The Morgan fingerprint density at radius 2 is 1.71 bits per heavy atom. The average Bonchev–Trinajstić information content (AvgIpc) is 2.41. The molecule has 5 nitrogen and oxygen atoms in total. The Morgan fingerprint density at radius 3 is 2.12 bits per heavy atom. The molecule has 1 aromatic rings. The van der Waals surface area contributed by atoms with E-state index in [2.05, 4.69) is 0 Å². The second-order valence-corrected chi connectivity index (χ2v) is 6.57. The quantitative estimate of drug-likeness (QED) is 0.871. The summed E-state index contributed by atoms with van der Waals surface area (Å²) < 4.78 is 39.4. The molecular formula is C16H20F3NO4. The van der Waals surface area contributed by atoms with Crippen LogP contribution in [0.1, 0.15) is 44.4 Å². The smallest absolute Gasteiger partial charge is 0.416 e. The fourth-order valence-corrected chi connectivity index (χ4v) is 2.32. The molecule has 8 heteroatoms. The van der Waals surface area contributed by atoms with E-state index in [9.17, 15) is 33.0 Å². The van der Waals surface area contributed by atoms with Crippen molar-refractivity contribution >= 4 is 12.0 Å². The first-order valence-electron chi connectivity index (χ1n) is 7.20. The highest BCUT2D eigenvalue weighted by atomic mass is 19.4. The number of hydrogen-bond donors (Lipinski definition) is 2. The number of rotatable bonds is 4. The molecule has 1 atom stereocenters. The first kappa shape index (κ1) is 20.0. The van der Waals surface area contributed by atoms with Gasteiger partial charge >= 0.3 is 12.3 Å². The number of carbonyl (C=O) groups excluding carboxylic acids is 1. The van der Waals surface area contributed by atoms with Gasteiger partial charge in [0, 0.05) is 6.42 Å². The molecule has 0 aliphatic heterocycles. The summed E-state index contributed by atoms with van der Waals surface area (Å²) >= 11 is 0. The van der Waals surface area contributed by atoms with E-state index in [4.69, 9.17) is 0 Å². The lowest BCUT2D eigenvalue weighted by Crippen LogP contribution is -2.42. The molecule has 24 heavy (non-hydrogen) atoms. The second kappa shape index (κ2) is 7.21. The lowest BCUT2D eigenvalue weighted by atomic mass is 9.90. The average molecular weight is 347 g/mol. The SMILES string of the molecule is CC(C)(C)CC(=O)N(C(=O)O)C(CO)c1ccccc1C(F)(F)F. The van der Waals surface area contributed by atoms with E-state index in [1.54, 1.807) is 20.8 Å². The number of aliphatic hydroxyl groups excluding tert-OH is 1. The Balaban J connectivity index is 3.37. The van der Waals surface area contributed by atoms with Crippen molar-refractivity contribution in [3.8, 4) is 0 Å². The summed E-state index contributed by atoms with van der Waals surface area (Å²) in [5.74, 6) is -0.869. The van der Waals surface area contributed by atoms with Crippen LogP contribution in [0, 0.1) is 5.41 Å². The van der Waals surface area contributed by atoms with Crippen LogP contribution in [-0.2, 0) is 11.0 Å². The molecule has 134 valence electrons. The predicted octanol–water partition coefficient (Wildman–Crippen LogP) is 3.68. The van der Waals surface area contributed by atoms with Crippen LogP contribution in [0.15, 0.2) is 24.3 Å². The maximum Gasteiger partial charge on any atom is 0.416 e. The minimum Gasteiger partial charge on any atom is -0.465 e. The third-order valence-corrected chi connectivity index (χ3v) is 3.27. The zero-order valence-corrected chi connectivity index (χ0v) is 13.6. The van der Waals surface area contributed by atoms with Crippen LogP contribution in [0.3, 0.4) is 0 Å². The maximum atomic E-state index is 13.1. The number of carbonyl (C=O) groups is 2. The maximum absolute atomic E-state index is 13.1. The number of hydrogen-bond acceptors (Lipinski definition) is 3. The molecule has 0 saturated carbocycles. The van der Waals surface area contributed by atoms with Crippen molar-refractivity contribution in [1.82, 2.24) is 4.90 Å². The highest BCUT2D eigenvalue weighted by Gasteiger charge is 2.39. The number of imide groups is 1. The zero-order chi connectivity index (χ0) is 18.7. The number of amides is 2. The van der Waals surface area contributed by atoms with Crippen LogP contribution >= 0.6 is 0 Å². The molecule has 0 fully saturated rings. The Kier molecular flexibility index (Phi) is 5.99. The molecule has 0 heterocycles. The zero-order valence-electron chi connectivity index (χ0n) is 13.6. The molecule has 1 unspecified atom stereocenters. The van der Waals surface area contributed by atoms with Gasteiger partial charge in [-0.05, 0) is 17.0 Å². The van der Waals surface area contributed by atoms with Crippen molar-refractivity contribution in [2.45, 2.75) is 39.4 Å². The topological polar surface area (TPSA) is 77.8 Å². The highest BCUT2D eigenvalue weighted by molar-refractivity contribution is 5.92. The Hall–Kier alpha value is -2.09. The summed E-state index contributed by atoms with van der Waals surface area (Å²) in [6.45, 7) is 4.14. The van der Waals surface area contributed by atoms with Crippen LogP contribution in [-0.4, -0.2) is 33.7 Å². The molecule has 0 radical (unpaired) electrons. The van der Waals surface area contributed by atoms with Crippen molar-refractivity contribution < 1.29 is 33.0 Å². The van der Waals surface area contributed by atoms with Crippen LogP contribution in [0.4, 0.5) is 18.0 Å². The van der Waals surface area contributed by atoms with Crippen molar-refractivity contribution in [2.24, 2.45) is 5.41 Å². The van der Waals surface area contributed by atoms with Gasteiger partial charge in [-0.3, -0.25) is 4.79 Å². The molecule has 0 aromatic heterocycles. The first-order valence-corrected chi connectivity index (χ1v) is 7.20.